The molecular weight excluding hydrogens is 198 g/mol. The average Bonchev–Trinajstić information content (AvgIpc) is 2.44. The fourth-order valence-electron chi connectivity index (χ4n) is 1.73. The van der Waals surface area contributed by atoms with E-state index in [9.17, 15) is 0 Å². The summed E-state index contributed by atoms with van der Waals surface area (Å²) in [4.78, 5) is 0. The van der Waals surface area contributed by atoms with E-state index >= 15 is 0 Å². The molecule has 16 heavy (non-hydrogen) atoms. The lowest BCUT2D eigenvalue weighted by molar-refractivity contribution is 0.240. The van der Waals surface area contributed by atoms with Crippen LogP contribution in [0.15, 0.2) is 36.4 Å². The first-order valence-electron chi connectivity index (χ1n) is 8.41. The normalized spacial score (nSPS) is 19.7. The molecule has 2 rings (SSSR count). The first kappa shape index (κ1) is 5.19. The van der Waals surface area contributed by atoms with Crippen molar-refractivity contribution >= 4 is 10.8 Å². The number of ether oxygens (including phenoxy) is 1. The maximum atomic E-state index is 7.95. The number of fused-ring (bicyclic) bond motifs is 1. The maximum Gasteiger partial charge on any atom is 0.124 e. The van der Waals surface area contributed by atoms with Gasteiger partial charge in [-0.3, -0.25) is 0 Å². The van der Waals surface area contributed by atoms with E-state index in [0.717, 1.165) is 10.8 Å². The third-order valence-electron chi connectivity index (χ3n) is 2.41. The molecule has 0 radical (unpaired) electrons. The van der Waals surface area contributed by atoms with Crippen LogP contribution in [0.5, 0.6) is 5.75 Å². The van der Waals surface area contributed by atoms with Gasteiger partial charge in [-0.25, -0.2) is 0 Å². The van der Waals surface area contributed by atoms with Gasteiger partial charge in [0.25, 0.3) is 0 Å². The van der Waals surface area contributed by atoms with Crippen LogP contribution in [0.1, 0.15) is 28.9 Å². The summed E-state index contributed by atoms with van der Waals surface area (Å²) < 4.78 is 57.6. The number of rotatable bonds is 3. The van der Waals surface area contributed by atoms with Crippen molar-refractivity contribution in [2.45, 2.75) is 26.3 Å². The second-order valence-electron chi connectivity index (χ2n) is 3.40. The smallest absolute Gasteiger partial charge is 0.124 e. The van der Waals surface area contributed by atoms with E-state index in [1.165, 1.54) is 6.07 Å². The highest BCUT2D eigenvalue weighted by Gasteiger charge is 2.08. The molecular formula is C14H17NO. The Morgan fingerprint density at radius 2 is 2.12 bits per heavy atom. The molecule has 2 heteroatoms. The zero-order chi connectivity index (χ0) is 17.5. The van der Waals surface area contributed by atoms with Crippen LogP contribution >= 0.6 is 0 Å². The topological polar surface area (TPSA) is 35.2 Å². The number of hydrogen-bond acceptors (Lipinski definition) is 2. The number of hydrogen-bond donors (Lipinski definition) is 1. The fraction of sp³-hybridized carbons (Fsp3) is 0.286. The zero-order valence-electron chi connectivity index (χ0n) is 15.7. The summed E-state index contributed by atoms with van der Waals surface area (Å²) in [7, 11) is 0. The molecule has 0 aromatic heterocycles. The van der Waals surface area contributed by atoms with E-state index in [0.29, 0.717) is 5.56 Å². The van der Waals surface area contributed by atoms with Crippen LogP contribution in [0.25, 0.3) is 10.8 Å². The minimum Gasteiger partial charge on any atom is -0.491 e. The van der Waals surface area contributed by atoms with Crippen molar-refractivity contribution in [2.75, 3.05) is 0 Å². The monoisotopic (exact) mass is 222 g/mol. The molecule has 0 unspecified atom stereocenters. The van der Waals surface area contributed by atoms with Crippen molar-refractivity contribution in [1.82, 2.24) is 0 Å². The van der Waals surface area contributed by atoms with Gasteiger partial charge >= 0.3 is 0 Å². The highest BCUT2D eigenvalue weighted by atomic mass is 16.5. The molecule has 2 nitrogen and oxygen atoms in total. The lowest BCUT2D eigenvalue weighted by Gasteiger charge is -2.15. The molecule has 0 bridgehead atoms. The van der Waals surface area contributed by atoms with Gasteiger partial charge < -0.3 is 10.5 Å². The lowest BCUT2D eigenvalue weighted by atomic mass is 10.0. The van der Waals surface area contributed by atoms with E-state index in [2.05, 4.69) is 0 Å². The minimum atomic E-state index is -3.16. The highest BCUT2D eigenvalue weighted by molar-refractivity contribution is 5.87. The molecule has 0 amide bonds. The Bertz CT molecular complexity index is 694. The summed E-state index contributed by atoms with van der Waals surface area (Å²) in [5, 5.41) is 1.59. The predicted molar refractivity (Wildman–Crippen MR) is 67.6 cm³/mol. The van der Waals surface area contributed by atoms with Crippen molar-refractivity contribution in [3.05, 3.63) is 42.0 Å². The molecule has 0 saturated carbocycles. The Morgan fingerprint density at radius 1 is 1.31 bits per heavy atom. The lowest BCUT2D eigenvalue weighted by Crippen LogP contribution is -2.09. The quantitative estimate of drug-likeness (QED) is 0.866. The van der Waals surface area contributed by atoms with Gasteiger partial charge in [0.2, 0.25) is 0 Å². The zero-order valence-corrected chi connectivity index (χ0v) is 8.66. The van der Waals surface area contributed by atoms with Gasteiger partial charge in [0.1, 0.15) is 5.75 Å². The summed E-state index contributed by atoms with van der Waals surface area (Å²) in [6.45, 7) is -6.29. The van der Waals surface area contributed by atoms with Crippen molar-refractivity contribution < 1.29 is 14.3 Å². The molecule has 0 aliphatic rings. The van der Waals surface area contributed by atoms with Crippen LogP contribution in [0.3, 0.4) is 0 Å². The Hall–Kier alpha value is -1.54. The number of nitrogens with two attached hydrogens (primary N) is 1. The van der Waals surface area contributed by atoms with Gasteiger partial charge in [-0.1, -0.05) is 30.3 Å². The van der Waals surface area contributed by atoms with Crippen LogP contribution in [0, 0.1) is 0 Å². The van der Waals surface area contributed by atoms with Crippen molar-refractivity contribution in [1.29, 1.82) is 0 Å². The molecule has 0 aliphatic carbocycles. The van der Waals surface area contributed by atoms with Gasteiger partial charge in [-0.15, -0.1) is 0 Å². The average molecular weight is 222 g/mol. The van der Waals surface area contributed by atoms with Crippen molar-refractivity contribution in [2.24, 2.45) is 5.73 Å². The highest BCUT2D eigenvalue weighted by Crippen LogP contribution is 2.28. The molecule has 0 aliphatic heterocycles. The molecule has 0 atom stereocenters. The maximum absolute atomic E-state index is 7.95. The largest absolute Gasteiger partial charge is 0.491 e. The third kappa shape index (κ3) is 2.02. The summed E-state index contributed by atoms with van der Waals surface area (Å²) in [5.74, 6) is -0.00606. The van der Waals surface area contributed by atoms with Crippen LogP contribution in [-0.4, -0.2) is 6.08 Å². The van der Waals surface area contributed by atoms with E-state index in [4.69, 9.17) is 20.1 Å². The first-order chi connectivity index (χ1) is 10.5. The third-order valence-corrected chi connectivity index (χ3v) is 2.41. The molecule has 2 N–H and O–H groups in total. The van der Waals surface area contributed by atoms with E-state index in [1.54, 1.807) is 18.2 Å². The van der Waals surface area contributed by atoms with Gasteiger partial charge in [0.05, 0.1) is 7.45 Å². The Kier molecular flexibility index (Phi) is 1.47. The van der Waals surface area contributed by atoms with Crippen LogP contribution in [0.2, 0.25) is 0 Å². The summed E-state index contributed by atoms with van der Waals surface area (Å²) in [6, 6.07) is 10.4. The summed E-state index contributed by atoms with van der Waals surface area (Å²) in [6.07, 6.45) is -3.08. The SMILES string of the molecule is [2H]C([2H])([2H])C([2H])(Oc1ccc2ccccc2c1CN)C([2H])([2H])[2H]. The molecule has 84 valence electrons. The first-order valence-corrected chi connectivity index (χ1v) is 4.91. The van der Waals surface area contributed by atoms with E-state index in [1.807, 2.05) is 12.1 Å². The Labute approximate surface area is 106 Å². The van der Waals surface area contributed by atoms with Gasteiger partial charge in [0, 0.05) is 20.3 Å². The van der Waals surface area contributed by atoms with Crippen LogP contribution in [0.4, 0.5) is 0 Å². The Morgan fingerprint density at radius 3 is 2.88 bits per heavy atom. The van der Waals surface area contributed by atoms with Crippen molar-refractivity contribution in [3.8, 4) is 5.75 Å². The summed E-state index contributed by atoms with van der Waals surface area (Å²) in [5.41, 5.74) is 6.20. The second-order valence-corrected chi connectivity index (χ2v) is 3.40. The van der Waals surface area contributed by atoms with Gasteiger partial charge in [-0.2, -0.15) is 0 Å². The van der Waals surface area contributed by atoms with E-state index in [-0.39, 0.29) is 12.3 Å². The standard InChI is InChI=1S/C14H17NO/c1-10(2)16-14-8-7-11-5-3-4-6-12(11)13(14)9-15/h3-8,10H,9,15H2,1-2H3/i1D3,2D3,10D. The van der Waals surface area contributed by atoms with Crippen LogP contribution < -0.4 is 10.5 Å². The molecule has 2 aromatic rings. The van der Waals surface area contributed by atoms with Gasteiger partial charge in [-0.05, 0) is 30.5 Å². The van der Waals surface area contributed by atoms with Crippen molar-refractivity contribution in [3.63, 3.8) is 0 Å². The molecule has 0 heterocycles. The second kappa shape index (κ2) is 4.54. The minimum absolute atomic E-state index is 0.00606. The predicted octanol–water partition coefficient (Wildman–Crippen LogP) is 3.09. The Balaban J connectivity index is 2.60. The molecule has 2 aromatic carbocycles. The van der Waals surface area contributed by atoms with Crippen LogP contribution in [-0.2, 0) is 6.54 Å². The fourth-order valence-corrected chi connectivity index (χ4v) is 1.73. The summed E-state index contributed by atoms with van der Waals surface area (Å²) >= 11 is 0. The molecule has 0 fully saturated rings. The molecule has 0 spiro atoms. The van der Waals surface area contributed by atoms with Gasteiger partial charge in [0.15, 0.2) is 0 Å². The van der Waals surface area contributed by atoms with E-state index < -0.39 is 19.8 Å². The molecule has 0 saturated heterocycles. The number of benzene rings is 2.